The zero-order chi connectivity index (χ0) is 23.4. The van der Waals surface area contributed by atoms with Crippen LogP contribution >= 0.6 is 0 Å². The number of nitrogens with one attached hydrogen (secondary N) is 2. The Kier molecular flexibility index (Phi) is 4.84. The molecule has 2 aliphatic carbocycles. The van der Waals surface area contributed by atoms with Crippen LogP contribution in [0.2, 0.25) is 0 Å². The second-order valence-electron chi connectivity index (χ2n) is 9.42. The Labute approximate surface area is 197 Å². The van der Waals surface area contributed by atoms with Gasteiger partial charge in [0.15, 0.2) is 0 Å². The molecule has 0 unspecified atom stereocenters. The molecule has 2 aromatic carbocycles. The minimum absolute atomic E-state index is 0.00889. The molecule has 0 amide bonds. The fourth-order valence-electron chi connectivity index (χ4n) is 6.36. The number of hydrogen-bond acceptors (Lipinski definition) is 6. The Morgan fingerprint density at radius 2 is 1.82 bits per heavy atom. The molecule has 2 saturated carbocycles. The van der Waals surface area contributed by atoms with Crippen molar-refractivity contribution in [1.29, 1.82) is 0 Å². The summed E-state index contributed by atoms with van der Waals surface area (Å²) in [7, 11) is -3.84. The van der Waals surface area contributed by atoms with Gasteiger partial charge in [-0.3, -0.25) is 0 Å². The lowest BCUT2D eigenvalue weighted by Gasteiger charge is -2.43. The molecule has 34 heavy (non-hydrogen) atoms. The van der Waals surface area contributed by atoms with Crippen LogP contribution in [0.1, 0.15) is 52.7 Å². The fourth-order valence-corrected chi connectivity index (χ4v) is 7.35. The third-order valence-electron chi connectivity index (χ3n) is 7.65. The van der Waals surface area contributed by atoms with Crippen molar-refractivity contribution >= 4 is 27.6 Å². The number of sulfonamides is 1. The van der Waals surface area contributed by atoms with Crippen LogP contribution in [0.4, 0.5) is 11.6 Å². The SMILES string of the molecule is O=C(O)c1cccc([C@@H]2Nc3ccc(S(=O)(=O)Nc4ncccn4)cc3[C@@H]3[C@H]4CC[C@@H](C4)[C@@H]32)c1. The summed E-state index contributed by atoms with van der Waals surface area (Å²) in [6, 6.07) is 14.0. The van der Waals surface area contributed by atoms with E-state index in [2.05, 4.69) is 20.0 Å². The number of carboxylic acid groups (broad SMARTS) is 1. The highest BCUT2D eigenvalue weighted by Gasteiger charge is 2.54. The zero-order valence-electron chi connectivity index (χ0n) is 18.3. The summed E-state index contributed by atoms with van der Waals surface area (Å²) in [5, 5.41) is 13.1. The minimum atomic E-state index is -3.84. The molecule has 174 valence electrons. The summed E-state index contributed by atoms with van der Waals surface area (Å²) in [6.45, 7) is 0. The normalized spacial score (nSPS) is 26.9. The van der Waals surface area contributed by atoms with E-state index < -0.39 is 16.0 Å². The van der Waals surface area contributed by atoms with Crippen LogP contribution in [0, 0.1) is 17.8 Å². The molecule has 2 fully saturated rings. The zero-order valence-corrected chi connectivity index (χ0v) is 19.1. The van der Waals surface area contributed by atoms with Crippen molar-refractivity contribution in [2.24, 2.45) is 17.8 Å². The van der Waals surface area contributed by atoms with Gasteiger partial charge in [0.1, 0.15) is 0 Å². The molecular weight excluding hydrogens is 452 g/mol. The van der Waals surface area contributed by atoms with Crippen LogP contribution in [0.15, 0.2) is 65.8 Å². The number of aromatic carboxylic acids is 1. The first-order valence-corrected chi connectivity index (χ1v) is 12.9. The largest absolute Gasteiger partial charge is 0.478 e. The second-order valence-corrected chi connectivity index (χ2v) is 11.1. The van der Waals surface area contributed by atoms with Gasteiger partial charge in [-0.05, 0) is 90.5 Å². The van der Waals surface area contributed by atoms with Crippen molar-refractivity contribution in [2.75, 3.05) is 10.0 Å². The summed E-state index contributed by atoms with van der Waals surface area (Å²) in [4.78, 5) is 19.7. The maximum Gasteiger partial charge on any atom is 0.335 e. The van der Waals surface area contributed by atoms with E-state index >= 15 is 0 Å². The summed E-state index contributed by atoms with van der Waals surface area (Å²) >= 11 is 0. The van der Waals surface area contributed by atoms with Crippen LogP contribution in [0.3, 0.4) is 0 Å². The average molecular weight is 477 g/mol. The van der Waals surface area contributed by atoms with Crippen molar-refractivity contribution in [1.82, 2.24) is 9.97 Å². The van der Waals surface area contributed by atoms with Crippen LogP contribution in [0.5, 0.6) is 0 Å². The summed E-state index contributed by atoms with van der Waals surface area (Å²) < 4.78 is 28.6. The molecule has 3 aliphatic rings. The number of aromatic nitrogens is 2. The first-order valence-electron chi connectivity index (χ1n) is 11.4. The lowest BCUT2D eigenvalue weighted by molar-refractivity contribution is 0.0696. The monoisotopic (exact) mass is 476 g/mol. The summed E-state index contributed by atoms with van der Waals surface area (Å²) in [5.41, 5.74) is 3.18. The van der Waals surface area contributed by atoms with Crippen LogP contribution in [-0.2, 0) is 10.0 Å². The molecule has 0 radical (unpaired) electrons. The van der Waals surface area contributed by atoms with E-state index in [0.29, 0.717) is 17.8 Å². The second kappa shape index (κ2) is 7.80. The lowest BCUT2D eigenvalue weighted by atomic mass is 9.68. The van der Waals surface area contributed by atoms with Gasteiger partial charge in [0.05, 0.1) is 16.5 Å². The average Bonchev–Trinajstić information content (AvgIpc) is 3.46. The van der Waals surface area contributed by atoms with Crippen molar-refractivity contribution < 1.29 is 18.3 Å². The van der Waals surface area contributed by atoms with Crippen molar-refractivity contribution in [2.45, 2.75) is 36.1 Å². The van der Waals surface area contributed by atoms with Gasteiger partial charge in [-0.25, -0.2) is 27.9 Å². The van der Waals surface area contributed by atoms with Gasteiger partial charge in [-0.1, -0.05) is 12.1 Å². The van der Waals surface area contributed by atoms with Gasteiger partial charge in [-0.2, -0.15) is 0 Å². The third-order valence-corrected chi connectivity index (χ3v) is 8.98. The van der Waals surface area contributed by atoms with E-state index in [4.69, 9.17) is 0 Å². The first-order chi connectivity index (χ1) is 16.4. The van der Waals surface area contributed by atoms with Crippen LogP contribution < -0.4 is 10.0 Å². The van der Waals surface area contributed by atoms with Gasteiger partial charge in [0.2, 0.25) is 5.95 Å². The number of benzene rings is 2. The predicted octanol–water partition coefficient (Wildman–Crippen LogP) is 4.27. The number of rotatable bonds is 5. The highest BCUT2D eigenvalue weighted by Crippen LogP contribution is 2.63. The Morgan fingerprint density at radius 1 is 1.03 bits per heavy atom. The quantitative estimate of drug-likeness (QED) is 0.503. The molecule has 2 heterocycles. The Hall–Kier alpha value is -3.46. The van der Waals surface area contributed by atoms with Crippen LogP contribution in [0.25, 0.3) is 0 Å². The standard InChI is InChI=1S/C25H24N4O4S/c30-24(31)17-4-1-3-16(12-17)23-22-15-6-5-14(11-15)21(22)19-13-18(7-8-20(19)28-23)34(32,33)29-25-26-9-2-10-27-25/h1-4,7-10,12-15,21-23,28H,5-6,11H2,(H,30,31)(H,26,27,29)/t14-,15-,21-,22-,23-/m0/s1. The van der Waals surface area contributed by atoms with Gasteiger partial charge >= 0.3 is 5.97 Å². The molecular formula is C25H24N4O4S. The molecule has 2 bridgehead atoms. The number of fused-ring (bicyclic) bond motifs is 7. The molecule has 9 heteroatoms. The van der Waals surface area contributed by atoms with E-state index in [1.54, 1.807) is 36.4 Å². The van der Waals surface area contributed by atoms with E-state index in [1.165, 1.54) is 12.4 Å². The highest BCUT2D eigenvalue weighted by molar-refractivity contribution is 7.92. The Morgan fingerprint density at radius 3 is 2.62 bits per heavy atom. The van der Waals surface area contributed by atoms with E-state index in [-0.39, 0.29) is 28.4 Å². The van der Waals surface area contributed by atoms with Crippen LogP contribution in [-0.4, -0.2) is 29.5 Å². The molecule has 5 atom stereocenters. The van der Waals surface area contributed by atoms with Crippen molar-refractivity contribution in [3.63, 3.8) is 0 Å². The van der Waals surface area contributed by atoms with E-state index in [9.17, 15) is 18.3 Å². The van der Waals surface area contributed by atoms with Crippen molar-refractivity contribution in [3.05, 3.63) is 77.6 Å². The molecule has 0 spiro atoms. The smallest absolute Gasteiger partial charge is 0.335 e. The van der Waals surface area contributed by atoms with Gasteiger partial charge in [0, 0.05) is 18.1 Å². The summed E-state index contributed by atoms with van der Waals surface area (Å²) in [5.74, 6) is 0.659. The number of hydrogen-bond donors (Lipinski definition) is 3. The lowest BCUT2D eigenvalue weighted by Crippen LogP contribution is -2.35. The molecule has 3 aromatic rings. The highest BCUT2D eigenvalue weighted by atomic mass is 32.2. The summed E-state index contributed by atoms with van der Waals surface area (Å²) in [6.07, 6.45) is 6.39. The minimum Gasteiger partial charge on any atom is -0.478 e. The topological polar surface area (TPSA) is 121 Å². The number of carbonyl (C=O) groups is 1. The number of nitrogens with zero attached hydrogens (tertiary/aromatic N) is 2. The van der Waals surface area contributed by atoms with E-state index in [1.807, 2.05) is 12.1 Å². The predicted molar refractivity (Wildman–Crippen MR) is 126 cm³/mol. The fraction of sp³-hybridized carbons (Fsp3) is 0.320. The molecule has 8 nitrogen and oxygen atoms in total. The van der Waals surface area contributed by atoms with Crippen molar-refractivity contribution in [3.8, 4) is 0 Å². The van der Waals surface area contributed by atoms with Gasteiger partial charge in [-0.15, -0.1) is 0 Å². The van der Waals surface area contributed by atoms with E-state index in [0.717, 1.165) is 36.1 Å². The molecule has 1 aliphatic heterocycles. The molecule has 6 rings (SSSR count). The molecule has 0 saturated heterocycles. The maximum absolute atomic E-state index is 13.1. The first kappa shape index (κ1) is 21.1. The Bertz CT molecular complexity index is 1380. The molecule has 3 N–H and O–H groups in total. The van der Waals surface area contributed by atoms with Gasteiger partial charge < -0.3 is 10.4 Å². The number of carboxylic acids is 1. The Balaban J connectivity index is 1.40. The molecule has 1 aromatic heterocycles. The third kappa shape index (κ3) is 3.42. The maximum atomic E-state index is 13.1. The van der Waals surface area contributed by atoms with Gasteiger partial charge in [0.25, 0.3) is 10.0 Å². The number of anilines is 2.